The van der Waals surface area contributed by atoms with Crippen LogP contribution in [-0.2, 0) is 4.74 Å². The van der Waals surface area contributed by atoms with Crippen LogP contribution in [0.4, 0.5) is 0 Å². The summed E-state index contributed by atoms with van der Waals surface area (Å²) in [5.74, 6) is 0.626. The standard InChI is InChI=1S/C17H33NO/c1-5-18-15-12-16(19-14(4)13(2)3)17(15)10-8-6-7-9-11-17/h13-16,18H,5-12H2,1-4H3. The number of hydrogen-bond acceptors (Lipinski definition) is 2. The Morgan fingerprint density at radius 2 is 1.74 bits per heavy atom. The molecule has 2 saturated carbocycles. The Kier molecular flexibility index (Phi) is 5.30. The number of hydrogen-bond donors (Lipinski definition) is 1. The molecule has 1 N–H and O–H groups in total. The molecule has 0 heterocycles. The largest absolute Gasteiger partial charge is 0.374 e. The molecule has 2 fully saturated rings. The molecule has 2 rings (SSSR count). The summed E-state index contributed by atoms with van der Waals surface area (Å²) in [7, 11) is 0. The number of rotatable bonds is 5. The highest BCUT2D eigenvalue weighted by atomic mass is 16.5. The second-order valence-electron chi connectivity index (χ2n) is 7.07. The minimum Gasteiger partial charge on any atom is -0.374 e. The molecule has 2 aliphatic rings. The van der Waals surface area contributed by atoms with Crippen LogP contribution in [0, 0.1) is 11.3 Å². The summed E-state index contributed by atoms with van der Waals surface area (Å²) >= 11 is 0. The van der Waals surface area contributed by atoms with Gasteiger partial charge < -0.3 is 10.1 Å². The molecule has 2 nitrogen and oxygen atoms in total. The Morgan fingerprint density at radius 3 is 2.26 bits per heavy atom. The quantitative estimate of drug-likeness (QED) is 0.808. The average molecular weight is 267 g/mol. The Balaban J connectivity index is 2.02. The van der Waals surface area contributed by atoms with Gasteiger partial charge in [0, 0.05) is 11.5 Å². The normalized spacial score (nSPS) is 32.1. The Hall–Kier alpha value is -0.0800. The maximum absolute atomic E-state index is 6.43. The molecule has 0 aromatic rings. The first-order valence-electron chi connectivity index (χ1n) is 8.49. The molecule has 0 bridgehead atoms. The van der Waals surface area contributed by atoms with Crippen molar-refractivity contribution < 1.29 is 4.74 Å². The van der Waals surface area contributed by atoms with Crippen molar-refractivity contribution in [2.75, 3.05) is 6.54 Å². The molecule has 0 aromatic carbocycles. The van der Waals surface area contributed by atoms with Gasteiger partial charge in [0.25, 0.3) is 0 Å². The second-order valence-corrected chi connectivity index (χ2v) is 7.07. The topological polar surface area (TPSA) is 21.3 Å². The zero-order valence-electron chi connectivity index (χ0n) is 13.4. The van der Waals surface area contributed by atoms with E-state index in [0.29, 0.717) is 29.6 Å². The molecule has 3 unspecified atom stereocenters. The molecule has 19 heavy (non-hydrogen) atoms. The van der Waals surface area contributed by atoms with Gasteiger partial charge in [-0.3, -0.25) is 0 Å². The SMILES string of the molecule is CCNC1CC(OC(C)C(C)C)C12CCCCCC2. The van der Waals surface area contributed by atoms with Crippen LogP contribution in [0.25, 0.3) is 0 Å². The van der Waals surface area contributed by atoms with Crippen molar-refractivity contribution in [2.45, 2.75) is 90.9 Å². The van der Waals surface area contributed by atoms with E-state index in [1.165, 1.54) is 44.9 Å². The summed E-state index contributed by atoms with van der Waals surface area (Å²) in [5.41, 5.74) is 0.454. The van der Waals surface area contributed by atoms with Crippen LogP contribution in [0.2, 0.25) is 0 Å². The van der Waals surface area contributed by atoms with E-state index >= 15 is 0 Å². The Labute approximate surface area is 119 Å². The van der Waals surface area contributed by atoms with Gasteiger partial charge in [-0.2, -0.15) is 0 Å². The molecule has 112 valence electrons. The minimum atomic E-state index is 0.396. The van der Waals surface area contributed by atoms with Crippen molar-refractivity contribution in [2.24, 2.45) is 11.3 Å². The zero-order valence-corrected chi connectivity index (χ0v) is 13.4. The fraction of sp³-hybridized carbons (Fsp3) is 1.00. The van der Waals surface area contributed by atoms with E-state index in [0.717, 1.165) is 6.54 Å². The fourth-order valence-electron chi connectivity index (χ4n) is 3.94. The minimum absolute atomic E-state index is 0.396. The van der Waals surface area contributed by atoms with E-state index in [1.54, 1.807) is 0 Å². The first-order valence-corrected chi connectivity index (χ1v) is 8.49. The number of ether oxygens (including phenoxy) is 1. The van der Waals surface area contributed by atoms with E-state index < -0.39 is 0 Å². The summed E-state index contributed by atoms with van der Waals surface area (Å²) in [4.78, 5) is 0. The first-order chi connectivity index (χ1) is 9.10. The number of nitrogens with one attached hydrogen (secondary N) is 1. The van der Waals surface area contributed by atoms with Gasteiger partial charge in [0.1, 0.15) is 0 Å². The van der Waals surface area contributed by atoms with Crippen LogP contribution in [0.3, 0.4) is 0 Å². The van der Waals surface area contributed by atoms with E-state index in [-0.39, 0.29) is 0 Å². The van der Waals surface area contributed by atoms with Gasteiger partial charge in [-0.05, 0) is 38.6 Å². The monoisotopic (exact) mass is 267 g/mol. The third kappa shape index (κ3) is 3.16. The van der Waals surface area contributed by atoms with Crippen LogP contribution < -0.4 is 5.32 Å². The van der Waals surface area contributed by atoms with Crippen LogP contribution in [-0.4, -0.2) is 24.8 Å². The third-order valence-electron chi connectivity index (χ3n) is 5.59. The van der Waals surface area contributed by atoms with Gasteiger partial charge in [-0.25, -0.2) is 0 Å². The second kappa shape index (κ2) is 6.58. The van der Waals surface area contributed by atoms with Crippen molar-refractivity contribution in [3.05, 3.63) is 0 Å². The van der Waals surface area contributed by atoms with E-state index in [1.807, 2.05) is 0 Å². The summed E-state index contributed by atoms with van der Waals surface area (Å²) in [6.07, 6.45) is 10.5. The summed E-state index contributed by atoms with van der Waals surface area (Å²) < 4.78 is 6.43. The maximum atomic E-state index is 6.43. The van der Waals surface area contributed by atoms with Gasteiger partial charge in [0.15, 0.2) is 0 Å². The van der Waals surface area contributed by atoms with Crippen LogP contribution in [0.1, 0.15) is 72.6 Å². The lowest BCUT2D eigenvalue weighted by Gasteiger charge is -2.57. The van der Waals surface area contributed by atoms with Crippen molar-refractivity contribution in [1.82, 2.24) is 5.32 Å². The molecule has 0 saturated heterocycles. The van der Waals surface area contributed by atoms with Crippen LogP contribution >= 0.6 is 0 Å². The molecule has 0 aromatic heterocycles. The van der Waals surface area contributed by atoms with E-state index in [2.05, 4.69) is 33.0 Å². The molecule has 2 aliphatic carbocycles. The van der Waals surface area contributed by atoms with Gasteiger partial charge >= 0.3 is 0 Å². The summed E-state index contributed by atoms with van der Waals surface area (Å²) in [5, 5.41) is 3.72. The summed E-state index contributed by atoms with van der Waals surface area (Å²) in [6.45, 7) is 10.1. The Morgan fingerprint density at radius 1 is 1.11 bits per heavy atom. The molecule has 3 atom stereocenters. The van der Waals surface area contributed by atoms with Crippen molar-refractivity contribution >= 4 is 0 Å². The van der Waals surface area contributed by atoms with Crippen molar-refractivity contribution in [1.29, 1.82) is 0 Å². The van der Waals surface area contributed by atoms with E-state index in [4.69, 9.17) is 4.74 Å². The fourth-order valence-corrected chi connectivity index (χ4v) is 3.94. The molecule has 2 heteroatoms. The van der Waals surface area contributed by atoms with Crippen LogP contribution in [0.5, 0.6) is 0 Å². The van der Waals surface area contributed by atoms with Crippen molar-refractivity contribution in [3.8, 4) is 0 Å². The Bertz CT molecular complexity index is 268. The maximum Gasteiger partial charge on any atom is 0.0665 e. The van der Waals surface area contributed by atoms with Gasteiger partial charge in [0.05, 0.1) is 12.2 Å². The summed E-state index contributed by atoms with van der Waals surface area (Å²) in [6, 6.07) is 0.708. The molecule has 0 amide bonds. The predicted octanol–water partition coefficient (Wildman–Crippen LogP) is 4.14. The molecule has 1 spiro atoms. The lowest BCUT2D eigenvalue weighted by atomic mass is 9.57. The molecular weight excluding hydrogens is 234 g/mol. The first kappa shape index (κ1) is 15.3. The highest BCUT2D eigenvalue weighted by Gasteiger charge is 2.55. The van der Waals surface area contributed by atoms with E-state index in [9.17, 15) is 0 Å². The van der Waals surface area contributed by atoms with Crippen molar-refractivity contribution in [3.63, 3.8) is 0 Å². The molecule has 0 radical (unpaired) electrons. The smallest absolute Gasteiger partial charge is 0.0665 e. The highest BCUT2D eigenvalue weighted by Crippen LogP contribution is 2.52. The van der Waals surface area contributed by atoms with Gasteiger partial charge in [-0.1, -0.05) is 46.5 Å². The third-order valence-corrected chi connectivity index (χ3v) is 5.59. The average Bonchev–Trinajstić information content (AvgIpc) is 2.64. The lowest BCUT2D eigenvalue weighted by Crippen LogP contribution is -2.64. The predicted molar refractivity (Wildman–Crippen MR) is 81.4 cm³/mol. The molecule has 0 aliphatic heterocycles. The highest BCUT2D eigenvalue weighted by molar-refractivity contribution is 5.08. The van der Waals surface area contributed by atoms with Crippen LogP contribution in [0.15, 0.2) is 0 Å². The molecular formula is C17H33NO. The van der Waals surface area contributed by atoms with Gasteiger partial charge in [0.2, 0.25) is 0 Å². The lowest BCUT2D eigenvalue weighted by molar-refractivity contribution is -0.173. The van der Waals surface area contributed by atoms with Gasteiger partial charge in [-0.15, -0.1) is 0 Å². The zero-order chi connectivity index (χ0) is 13.9.